The summed E-state index contributed by atoms with van der Waals surface area (Å²) in [5.74, 6) is 2.40. The predicted molar refractivity (Wildman–Crippen MR) is 69.9 cm³/mol. The Morgan fingerprint density at radius 2 is 2.25 bits per heavy atom. The minimum atomic E-state index is -0.339. The zero-order valence-corrected chi connectivity index (χ0v) is 11.1. The average molecular weight is 264 g/mol. The largest absolute Gasteiger partial charge is 0.468 e. The molecule has 1 atom stereocenters. The minimum Gasteiger partial charge on any atom is -0.468 e. The van der Waals surface area contributed by atoms with E-state index in [-0.39, 0.29) is 30.2 Å². The summed E-state index contributed by atoms with van der Waals surface area (Å²) >= 11 is 1.54. The highest BCUT2D eigenvalue weighted by atomic mass is 35.5. The number of nitrogens with two attached hydrogens (primary N) is 1. The molecule has 0 aliphatic carbocycles. The van der Waals surface area contributed by atoms with Crippen LogP contribution in [0.3, 0.4) is 0 Å². The Morgan fingerprint density at radius 1 is 1.56 bits per heavy atom. The van der Waals surface area contributed by atoms with Crippen molar-refractivity contribution in [2.45, 2.75) is 25.6 Å². The number of halogens is 1. The van der Waals surface area contributed by atoms with Crippen molar-refractivity contribution in [2.24, 2.45) is 11.7 Å². The topological polar surface area (TPSA) is 56.2 Å². The van der Waals surface area contributed by atoms with Crippen molar-refractivity contribution in [3.63, 3.8) is 0 Å². The molecule has 1 aromatic heterocycles. The first-order chi connectivity index (χ1) is 7.11. The third-order valence-corrected chi connectivity index (χ3v) is 3.14. The van der Waals surface area contributed by atoms with E-state index in [1.807, 2.05) is 26.0 Å². The van der Waals surface area contributed by atoms with E-state index in [0.29, 0.717) is 5.75 Å². The molecule has 1 aromatic rings. The zero-order chi connectivity index (χ0) is 11.3. The van der Waals surface area contributed by atoms with Gasteiger partial charge in [-0.3, -0.25) is 4.79 Å². The Hall–Kier alpha value is -0.450. The third-order valence-electron chi connectivity index (χ3n) is 2.16. The third kappa shape index (κ3) is 5.05. The number of carbonyl (C=O) groups excluding carboxylic acids is 1. The number of furan rings is 1. The molecule has 3 nitrogen and oxygen atoms in total. The highest BCUT2D eigenvalue weighted by Gasteiger charge is 2.16. The van der Waals surface area contributed by atoms with Crippen molar-refractivity contribution < 1.29 is 9.21 Å². The van der Waals surface area contributed by atoms with E-state index < -0.39 is 0 Å². The lowest BCUT2D eigenvalue weighted by Gasteiger charge is -2.13. The fourth-order valence-electron chi connectivity index (χ4n) is 1.11. The normalized spacial score (nSPS) is 12.2. The molecule has 0 unspecified atom stereocenters. The van der Waals surface area contributed by atoms with Gasteiger partial charge in [-0.05, 0) is 18.1 Å². The second-order valence-electron chi connectivity index (χ2n) is 3.81. The molecule has 92 valence electrons. The van der Waals surface area contributed by atoms with Crippen molar-refractivity contribution in [1.82, 2.24) is 0 Å². The lowest BCUT2D eigenvalue weighted by molar-refractivity contribution is -0.118. The molecule has 0 aliphatic rings. The van der Waals surface area contributed by atoms with Crippen LogP contribution in [0.2, 0.25) is 0 Å². The molecule has 16 heavy (non-hydrogen) atoms. The van der Waals surface area contributed by atoms with Crippen molar-refractivity contribution in [1.29, 1.82) is 0 Å². The summed E-state index contributed by atoms with van der Waals surface area (Å²) < 4.78 is 5.16. The first-order valence-electron chi connectivity index (χ1n) is 4.99. The molecule has 0 spiro atoms. The molecule has 0 radical (unpaired) electrons. The lowest BCUT2D eigenvalue weighted by atomic mass is 10.0. The van der Waals surface area contributed by atoms with Crippen LogP contribution in [0, 0.1) is 5.92 Å². The minimum absolute atomic E-state index is 0. The quantitative estimate of drug-likeness (QED) is 0.857. The van der Waals surface area contributed by atoms with Crippen LogP contribution in [0.5, 0.6) is 0 Å². The van der Waals surface area contributed by atoms with Crippen LogP contribution in [0.25, 0.3) is 0 Å². The van der Waals surface area contributed by atoms with Crippen LogP contribution in [0.1, 0.15) is 19.6 Å². The first kappa shape index (κ1) is 15.6. The van der Waals surface area contributed by atoms with Gasteiger partial charge in [0.1, 0.15) is 5.76 Å². The maximum absolute atomic E-state index is 11.5. The fourth-order valence-corrected chi connectivity index (χ4v) is 1.98. The number of hydrogen-bond acceptors (Lipinski definition) is 4. The van der Waals surface area contributed by atoms with Crippen LogP contribution < -0.4 is 5.73 Å². The van der Waals surface area contributed by atoms with Gasteiger partial charge >= 0.3 is 0 Å². The molecular formula is C11H18ClNO2S. The molecule has 5 heteroatoms. The van der Waals surface area contributed by atoms with Crippen molar-refractivity contribution >= 4 is 30.0 Å². The van der Waals surface area contributed by atoms with Crippen LogP contribution in [-0.4, -0.2) is 17.6 Å². The summed E-state index contributed by atoms with van der Waals surface area (Å²) in [6.45, 7) is 3.92. The molecule has 1 rings (SSSR count). The number of carbonyl (C=O) groups is 1. The van der Waals surface area contributed by atoms with E-state index in [1.54, 1.807) is 18.0 Å². The molecule has 0 fully saturated rings. The molecule has 2 N–H and O–H groups in total. The van der Waals surface area contributed by atoms with Gasteiger partial charge in [-0.1, -0.05) is 13.8 Å². The monoisotopic (exact) mass is 263 g/mol. The van der Waals surface area contributed by atoms with Gasteiger partial charge in [-0.25, -0.2) is 0 Å². The predicted octanol–water partition coefficient (Wildman–Crippen LogP) is 2.49. The zero-order valence-electron chi connectivity index (χ0n) is 9.51. The van der Waals surface area contributed by atoms with Gasteiger partial charge < -0.3 is 10.2 Å². The van der Waals surface area contributed by atoms with Crippen LogP contribution >= 0.6 is 24.2 Å². The molecule has 0 aromatic carbocycles. The molecule has 0 aliphatic heterocycles. The Balaban J connectivity index is 0.00000225. The molecular weight excluding hydrogens is 246 g/mol. The smallest absolute Gasteiger partial charge is 0.159 e. The van der Waals surface area contributed by atoms with E-state index in [1.165, 1.54) is 0 Å². The Kier molecular flexibility index (Phi) is 7.55. The van der Waals surface area contributed by atoms with Gasteiger partial charge in [0.15, 0.2) is 5.78 Å². The summed E-state index contributed by atoms with van der Waals surface area (Å²) in [7, 11) is 0. The summed E-state index contributed by atoms with van der Waals surface area (Å²) in [6, 6.07) is 3.41. The van der Waals surface area contributed by atoms with Crippen LogP contribution in [-0.2, 0) is 10.5 Å². The summed E-state index contributed by atoms with van der Waals surface area (Å²) in [6.07, 6.45) is 1.64. The second kappa shape index (κ2) is 7.76. The second-order valence-corrected chi connectivity index (χ2v) is 4.79. The molecule has 1 heterocycles. The highest BCUT2D eigenvalue weighted by Crippen LogP contribution is 2.13. The summed E-state index contributed by atoms with van der Waals surface area (Å²) in [5, 5.41) is 0. The first-order valence-corrected chi connectivity index (χ1v) is 6.15. The van der Waals surface area contributed by atoms with Gasteiger partial charge in [-0.15, -0.1) is 24.2 Å². The van der Waals surface area contributed by atoms with E-state index in [2.05, 4.69) is 0 Å². The van der Waals surface area contributed by atoms with E-state index in [0.717, 1.165) is 11.5 Å². The van der Waals surface area contributed by atoms with Gasteiger partial charge in [0, 0.05) is 0 Å². The van der Waals surface area contributed by atoms with Gasteiger partial charge in [0.25, 0.3) is 0 Å². The highest BCUT2D eigenvalue weighted by molar-refractivity contribution is 7.99. The molecule has 0 bridgehead atoms. The van der Waals surface area contributed by atoms with E-state index >= 15 is 0 Å². The Bertz CT molecular complexity index is 301. The van der Waals surface area contributed by atoms with Gasteiger partial charge in [0.2, 0.25) is 0 Å². The number of hydrogen-bond donors (Lipinski definition) is 1. The molecule has 0 saturated heterocycles. The van der Waals surface area contributed by atoms with Crippen LogP contribution in [0.15, 0.2) is 22.8 Å². The maximum Gasteiger partial charge on any atom is 0.159 e. The van der Waals surface area contributed by atoms with Gasteiger partial charge in [-0.2, -0.15) is 0 Å². The van der Waals surface area contributed by atoms with Crippen LogP contribution in [0.4, 0.5) is 0 Å². The Labute approximate surface area is 107 Å². The van der Waals surface area contributed by atoms with Crippen molar-refractivity contribution in [3.8, 4) is 0 Å². The SMILES string of the molecule is CC(C)[C@H](N)C(=O)CSCc1ccco1.Cl. The fraction of sp³-hybridized carbons (Fsp3) is 0.545. The average Bonchev–Trinajstić information content (AvgIpc) is 2.69. The number of thioether (sulfide) groups is 1. The summed E-state index contributed by atoms with van der Waals surface area (Å²) in [4.78, 5) is 11.5. The molecule has 0 amide bonds. The summed E-state index contributed by atoms with van der Waals surface area (Å²) in [5.41, 5.74) is 5.73. The maximum atomic E-state index is 11.5. The number of ketones is 1. The van der Waals surface area contributed by atoms with Crippen molar-refractivity contribution in [2.75, 3.05) is 5.75 Å². The van der Waals surface area contributed by atoms with Gasteiger partial charge in [0.05, 0.1) is 23.8 Å². The van der Waals surface area contributed by atoms with E-state index in [9.17, 15) is 4.79 Å². The van der Waals surface area contributed by atoms with Crippen molar-refractivity contribution in [3.05, 3.63) is 24.2 Å². The van der Waals surface area contributed by atoms with E-state index in [4.69, 9.17) is 10.2 Å². The lowest BCUT2D eigenvalue weighted by Crippen LogP contribution is -2.36. The Morgan fingerprint density at radius 3 is 2.75 bits per heavy atom. The number of rotatable bonds is 6. The number of Topliss-reactive ketones (excluding diaryl/α,β-unsaturated/α-hetero) is 1. The molecule has 0 saturated carbocycles. The standard InChI is InChI=1S/C11H17NO2S.ClH/c1-8(2)11(12)10(13)7-15-6-9-4-3-5-14-9;/h3-5,8,11H,6-7,12H2,1-2H3;1H/t11-;/m0./s1.